The Bertz CT molecular complexity index is 442. The van der Waals surface area contributed by atoms with Crippen molar-refractivity contribution < 1.29 is 0 Å². The first-order chi connectivity index (χ1) is 7.74. The van der Waals surface area contributed by atoms with Crippen LogP contribution in [0.25, 0.3) is 0 Å². The third-order valence-electron chi connectivity index (χ3n) is 1.93. The summed E-state index contributed by atoms with van der Waals surface area (Å²) in [5, 5.41) is 8.27. The molecule has 0 amide bonds. The Morgan fingerprint density at radius 3 is 1.19 bits per heavy atom. The van der Waals surface area contributed by atoms with Gasteiger partial charge in [-0.15, -0.1) is 0 Å². The number of halogens is 2. The lowest BCUT2D eigenvalue weighted by Gasteiger charge is -1.94. The molecule has 0 bridgehead atoms. The second-order valence-electron chi connectivity index (χ2n) is 3.15. The van der Waals surface area contributed by atoms with Crippen molar-refractivity contribution in [2.24, 2.45) is 10.2 Å². The van der Waals surface area contributed by atoms with Crippen molar-refractivity contribution in [3.05, 3.63) is 57.5 Å². The fourth-order valence-electron chi connectivity index (χ4n) is 1.13. The van der Waals surface area contributed by atoms with Gasteiger partial charge in [0.25, 0.3) is 0 Å². The first-order valence-corrected chi connectivity index (χ1v) is 6.25. The Labute approximate surface area is 111 Å². The smallest absolute Gasteiger partial charge is 0.0857 e. The first kappa shape index (κ1) is 11.5. The standard InChI is InChI=1S/C12H8Br2N2/c13-9-1-5-11(6-2-9)15-16-12-7-3-10(14)4-8-12/h1-8H/b16-15-. The molecule has 0 fully saturated rings. The van der Waals surface area contributed by atoms with Crippen LogP contribution in [0.3, 0.4) is 0 Å². The van der Waals surface area contributed by atoms with Crippen LogP contribution in [-0.4, -0.2) is 0 Å². The van der Waals surface area contributed by atoms with Gasteiger partial charge in [0, 0.05) is 8.95 Å². The average molecular weight is 340 g/mol. The predicted molar refractivity (Wildman–Crippen MR) is 72.5 cm³/mol. The molecular formula is C12H8Br2N2. The van der Waals surface area contributed by atoms with E-state index in [1.54, 1.807) is 0 Å². The number of hydrogen-bond donors (Lipinski definition) is 0. The van der Waals surface area contributed by atoms with E-state index in [4.69, 9.17) is 0 Å². The largest absolute Gasteiger partial charge is 0.151 e. The van der Waals surface area contributed by atoms with Crippen molar-refractivity contribution in [1.82, 2.24) is 0 Å². The maximum Gasteiger partial charge on any atom is 0.0857 e. The molecule has 2 nitrogen and oxygen atoms in total. The number of rotatable bonds is 2. The summed E-state index contributed by atoms with van der Waals surface area (Å²) in [6.45, 7) is 0. The van der Waals surface area contributed by atoms with E-state index in [9.17, 15) is 0 Å². The molecule has 0 saturated carbocycles. The summed E-state index contributed by atoms with van der Waals surface area (Å²) in [6, 6.07) is 15.4. The molecule has 16 heavy (non-hydrogen) atoms. The van der Waals surface area contributed by atoms with E-state index >= 15 is 0 Å². The van der Waals surface area contributed by atoms with Gasteiger partial charge >= 0.3 is 0 Å². The van der Waals surface area contributed by atoms with Crippen LogP contribution in [0.4, 0.5) is 11.4 Å². The van der Waals surface area contributed by atoms with Crippen molar-refractivity contribution >= 4 is 43.2 Å². The molecule has 0 heterocycles. The summed E-state index contributed by atoms with van der Waals surface area (Å²) in [7, 11) is 0. The summed E-state index contributed by atoms with van der Waals surface area (Å²) >= 11 is 6.74. The molecule has 0 unspecified atom stereocenters. The maximum atomic E-state index is 4.14. The molecule has 2 aromatic rings. The normalized spacial score (nSPS) is 10.9. The molecular weight excluding hydrogens is 332 g/mol. The molecule has 0 aliphatic heterocycles. The lowest BCUT2D eigenvalue weighted by Crippen LogP contribution is -1.66. The van der Waals surface area contributed by atoms with Crippen molar-refractivity contribution in [3.8, 4) is 0 Å². The van der Waals surface area contributed by atoms with E-state index in [0.717, 1.165) is 20.3 Å². The minimum Gasteiger partial charge on any atom is -0.151 e. The van der Waals surface area contributed by atoms with E-state index in [0.29, 0.717) is 0 Å². The Morgan fingerprint density at radius 1 is 0.562 bits per heavy atom. The highest BCUT2D eigenvalue weighted by molar-refractivity contribution is 9.10. The summed E-state index contributed by atoms with van der Waals surface area (Å²) in [5.41, 5.74) is 1.68. The van der Waals surface area contributed by atoms with Gasteiger partial charge in [-0.2, -0.15) is 10.2 Å². The van der Waals surface area contributed by atoms with Crippen LogP contribution < -0.4 is 0 Å². The maximum absolute atomic E-state index is 4.14. The first-order valence-electron chi connectivity index (χ1n) is 4.67. The lowest BCUT2D eigenvalue weighted by molar-refractivity contribution is 1.23. The minimum atomic E-state index is 0.839. The molecule has 0 aromatic heterocycles. The second kappa shape index (κ2) is 5.37. The summed E-state index contributed by atoms with van der Waals surface area (Å²) in [4.78, 5) is 0. The number of nitrogens with zero attached hydrogens (tertiary/aromatic N) is 2. The van der Waals surface area contributed by atoms with Crippen LogP contribution >= 0.6 is 31.9 Å². The highest BCUT2D eigenvalue weighted by Gasteiger charge is 1.91. The van der Waals surface area contributed by atoms with Crippen molar-refractivity contribution in [1.29, 1.82) is 0 Å². The van der Waals surface area contributed by atoms with Gasteiger partial charge in [-0.25, -0.2) is 0 Å². The number of benzene rings is 2. The zero-order valence-corrected chi connectivity index (χ0v) is 11.4. The molecule has 0 aliphatic carbocycles. The topological polar surface area (TPSA) is 24.7 Å². The second-order valence-corrected chi connectivity index (χ2v) is 4.98. The van der Waals surface area contributed by atoms with Crippen LogP contribution in [-0.2, 0) is 0 Å². The molecule has 2 rings (SSSR count). The third-order valence-corrected chi connectivity index (χ3v) is 2.99. The van der Waals surface area contributed by atoms with Crippen LogP contribution in [0.15, 0.2) is 67.7 Å². The van der Waals surface area contributed by atoms with Gasteiger partial charge in [0.1, 0.15) is 0 Å². The van der Waals surface area contributed by atoms with E-state index < -0.39 is 0 Å². The van der Waals surface area contributed by atoms with Crippen molar-refractivity contribution in [2.75, 3.05) is 0 Å². The molecule has 4 heteroatoms. The summed E-state index contributed by atoms with van der Waals surface area (Å²) in [6.07, 6.45) is 0. The van der Waals surface area contributed by atoms with E-state index in [1.165, 1.54) is 0 Å². The van der Waals surface area contributed by atoms with Gasteiger partial charge in [0.05, 0.1) is 11.4 Å². The lowest BCUT2D eigenvalue weighted by atomic mass is 10.3. The van der Waals surface area contributed by atoms with Crippen LogP contribution in [0.5, 0.6) is 0 Å². The number of hydrogen-bond acceptors (Lipinski definition) is 2. The Morgan fingerprint density at radius 2 is 0.875 bits per heavy atom. The molecule has 0 atom stereocenters. The monoisotopic (exact) mass is 338 g/mol. The Hall–Kier alpha value is -1.00. The predicted octanol–water partition coefficient (Wildman–Crippen LogP) is 5.63. The van der Waals surface area contributed by atoms with Crippen molar-refractivity contribution in [3.63, 3.8) is 0 Å². The van der Waals surface area contributed by atoms with E-state index in [1.807, 2.05) is 48.5 Å². The molecule has 2 aromatic carbocycles. The summed E-state index contributed by atoms with van der Waals surface area (Å²) < 4.78 is 2.07. The van der Waals surface area contributed by atoms with Crippen LogP contribution in [0, 0.1) is 0 Å². The molecule has 0 saturated heterocycles. The quantitative estimate of drug-likeness (QED) is 0.634. The fourth-order valence-corrected chi connectivity index (χ4v) is 1.66. The minimum absolute atomic E-state index is 0.839. The van der Waals surface area contributed by atoms with E-state index in [2.05, 4.69) is 42.1 Å². The van der Waals surface area contributed by atoms with Gasteiger partial charge < -0.3 is 0 Å². The van der Waals surface area contributed by atoms with Gasteiger partial charge in [-0.3, -0.25) is 0 Å². The molecule has 0 N–H and O–H groups in total. The van der Waals surface area contributed by atoms with Gasteiger partial charge in [0.15, 0.2) is 0 Å². The molecule has 0 radical (unpaired) electrons. The SMILES string of the molecule is Brc1ccc(/N=N\c2ccc(Br)cc2)cc1. The Kier molecular flexibility index (Phi) is 3.85. The fraction of sp³-hybridized carbons (Fsp3) is 0. The highest BCUT2D eigenvalue weighted by Crippen LogP contribution is 2.21. The van der Waals surface area contributed by atoms with Gasteiger partial charge in [-0.1, -0.05) is 31.9 Å². The van der Waals surface area contributed by atoms with E-state index in [-0.39, 0.29) is 0 Å². The molecule has 80 valence electrons. The zero-order chi connectivity index (χ0) is 11.4. The molecule has 0 spiro atoms. The number of azo groups is 1. The third kappa shape index (κ3) is 3.25. The highest BCUT2D eigenvalue weighted by atomic mass is 79.9. The van der Waals surface area contributed by atoms with Gasteiger partial charge in [-0.05, 0) is 48.5 Å². The average Bonchev–Trinajstić information content (AvgIpc) is 2.30. The van der Waals surface area contributed by atoms with Crippen LogP contribution in [0.2, 0.25) is 0 Å². The zero-order valence-electron chi connectivity index (χ0n) is 8.27. The Balaban J connectivity index is 2.15. The summed E-state index contributed by atoms with van der Waals surface area (Å²) in [5.74, 6) is 0. The van der Waals surface area contributed by atoms with Crippen molar-refractivity contribution in [2.45, 2.75) is 0 Å². The van der Waals surface area contributed by atoms with Crippen LogP contribution in [0.1, 0.15) is 0 Å². The molecule has 0 aliphatic rings. The van der Waals surface area contributed by atoms with Gasteiger partial charge in [0.2, 0.25) is 0 Å².